The molecule has 2 aromatic rings. The zero-order chi connectivity index (χ0) is 9.97. The van der Waals surface area contributed by atoms with Crippen LogP contribution in [0.4, 0.5) is 0 Å². The lowest BCUT2D eigenvalue weighted by Crippen LogP contribution is -1.89. The Kier molecular flexibility index (Phi) is 2.06. The lowest BCUT2D eigenvalue weighted by molar-refractivity contribution is 0.939. The fourth-order valence-electron chi connectivity index (χ4n) is 1.03. The van der Waals surface area contributed by atoms with Gasteiger partial charge in [0.2, 0.25) is 0 Å². The average Bonchev–Trinajstić information content (AvgIpc) is 2.57. The number of halogens is 1. The Hall–Kier alpha value is -2.04. The van der Waals surface area contributed by atoms with Gasteiger partial charge in [-0.25, -0.2) is 9.50 Å². The summed E-state index contributed by atoms with van der Waals surface area (Å²) in [6.45, 7) is 0. The summed E-state index contributed by atoms with van der Waals surface area (Å²) in [5.41, 5.74) is 1.15. The highest BCUT2D eigenvalue weighted by molar-refractivity contribution is 6.29. The van der Waals surface area contributed by atoms with Crippen molar-refractivity contribution in [2.24, 2.45) is 0 Å². The fourth-order valence-corrected chi connectivity index (χ4v) is 1.17. The van der Waals surface area contributed by atoms with E-state index in [1.165, 1.54) is 0 Å². The number of hydrogen-bond acceptors (Lipinski definition) is 3. The van der Waals surface area contributed by atoms with E-state index in [9.17, 15) is 0 Å². The molecule has 0 aliphatic carbocycles. The maximum Gasteiger partial charge on any atom is 0.172 e. The van der Waals surface area contributed by atoms with E-state index in [0.717, 1.165) is 0 Å². The monoisotopic (exact) mass is 202 g/mol. The highest BCUT2D eigenvalue weighted by Crippen LogP contribution is 2.10. The number of hydrogen-bond donors (Lipinski definition) is 0. The van der Waals surface area contributed by atoms with E-state index < -0.39 is 0 Å². The maximum atomic E-state index is 8.29. The van der Waals surface area contributed by atoms with Crippen LogP contribution in [0.5, 0.6) is 0 Å². The van der Waals surface area contributed by atoms with Crippen molar-refractivity contribution in [2.75, 3.05) is 0 Å². The second-order valence-electron chi connectivity index (χ2n) is 2.44. The number of aromatic nitrogens is 3. The van der Waals surface area contributed by atoms with Crippen LogP contribution in [0.15, 0.2) is 18.5 Å². The summed E-state index contributed by atoms with van der Waals surface area (Å²) in [5.74, 6) is 4.91. The van der Waals surface area contributed by atoms with Gasteiger partial charge in [0.05, 0.1) is 11.8 Å². The summed E-state index contributed by atoms with van der Waals surface area (Å²) in [6, 6.07) is 3.35. The summed E-state index contributed by atoms with van der Waals surface area (Å²) in [7, 11) is 0. The maximum absolute atomic E-state index is 8.29. The largest absolute Gasteiger partial charge is 0.221 e. The standard InChI is InChI=1S/C9H3ClN4/c10-8-3-5-14-9(13-8)7(6-12-14)2-1-4-11/h3,5-6H. The highest BCUT2D eigenvalue weighted by Gasteiger charge is 2.02. The van der Waals surface area contributed by atoms with Crippen LogP contribution in [0, 0.1) is 23.2 Å². The molecule has 2 heterocycles. The molecule has 0 aliphatic heterocycles. The molecule has 0 amide bonds. The third kappa shape index (κ3) is 1.39. The van der Waals surface area contributed by atoms with Crippen LogP contribution in [0.25, 0.3) is 5.65 Å². The van der Waals surface area contributed by atoms with Gasteiger partial charge in [-0.1, -0.05) is 11.6 Å². The van der Waals surface area contributed by atoms with Crippen LogP contribution < -0.4 is 0 Å². The molecule has 0 unspecified atom stereocenters. The first-order valence-electron chi connectivity index (χ1n) is 3.71. The minimum atomic E-state index is 0.373. The van der Waals surface area contributed by atoms with Gasteiger partial charge in [0.1, 0.15) is 5.15 Å². The van der Waals surface area contributed by atoms with Crippen molar-refractivity contribution in [3.05, 3.63) is 29.2 Å². The van der Waals surface area contributed by atoms with E-state index >= 15 is 0 Å². The molecule has 0 atom stereocenters. The molecule has 14 heavy (non-hydrogen) atoms. The molecule has 0 saturated heterocycles. The van der Waals surface area contributed by atoms with Gasteiger partial charge in [-0.05, 0) is 12.0 Å². The molecule has 66 valence electrons. The van der Waals surface area contributed by atoms with Gasteiger partial charge in [0.25, 0.3) is 0 Å². The summed E-state index contributed by atoms with van der Waals surface area (Å²) in [4.78, 5) is 4.04. The summed E-state index contributed by atoms with van der Waals surface area (Å²) < 4.78 is 1.55. The molecule has 0 radical (unpaired) electrons. The average molecular weight is 203 g/mol. The Morgan fingerprint density at radius 1 is 1.50 bits per heavy atom. The quantitative estimate of drug-likeness (QED) is 0.477. The van der Waals surface area contributed by atoms with Crippen molar-refractivity contribution in [3.8, 4) is 17.9 Å². The van der Waals surface area contributed by atoms with E-state index in [1.54, 1.807) is 29.0 Å². The van der Waals surface area contributed by atoms with E-state index in [4.69, 9.17) is 16.9 Å². The minimum Gasteiger partial charge on any atom is -0.221 e. The van der Waals surface area contributed by atoms with Gasteiger partial charge < -0.3 is 0 Å². The Bertz CT molecular complexity index is 582. The smallest absolute Gasteiger partial charge is 0.172 e. The van der Waals surface area contributed by atoms with E-state index in [1.807, 2.05) is 0 Å². The van der Waals surface area contributed by atoms with Crippen LogP contribution in [0.3, 0.4) is 0 Å². The Morgan fingerprint density at radius 2 is 2.36 bits per heavy atom. The van der Waals surface area contributed by atoms with Crippen molar-refractivity contribution in [1.82, 2.24) is 14.6 Å². The normalized spacial score (nSPS) is 9.14. The predicted octanol–water partition coefficient (Wildman–Crippen LogP) is 1.26. The third-order valence-corrected chi connectivity index (χ3v) is 1.80. The van der Waals surface area contributed by atoms with Gasteiger partial charge in [0.15, 0.2) is 11.7 Å². The van der Waals surface area contributed by atoms with Crippen molar-refractivity contribution < 1.29 is 0 Å². The Morgan fingerprint density at radius 3 is 3.14 bits per heavy atom. The van der Waals surface area contributed by atoms with Gasteiger partial charge in [-0.2, -0.15) is 10.4 Å². The Labute approximate surface area is 84.7 Å². The zero-order valence-corrected chi connectivity index (χ0v) is 7.65. The fraction of sp³-hybridized carbons (Fsp3) is 0. The lowest BCUT2D eigenvalue weighted by Gasteiger charge is -1.91. The first-order chi connectivity index (χ1) is 6.81. The topological polar surface area (TPSA) is 54.0 Å². The van der Waals surface area contributed by atoms with Crippen molar-refractivity contribution in [2.45, 2.75) is 0 Å². The predicted molar refractivity (Wildman–Crippen MR) is 50.5 cm³/mol. The van der Waals surface area contributed by atoms with Crippen molar-refractivity contribution in [1.29, 1.82) is 5.26 Å². The van der Waals surface area contributed by atoms with Crippen molar-refractivity contribution >= 4 is 17.2 Å². The minimum absolute atomic E-state index is 0.373. The van der Waals surface area contributed by atoms with Crippen LogP contribution >= 0.6 is 11.6 Å². The summed E-state index contributed by atoms with van der Waals surface area (Å²) in [5, 5.41) is 12.7. The molecule has 5 heteroatoms. The molecule has 4 nitrogen and oxygen atoms in total. The van der Waals surface area contributed by atoms with Gasteiger partial charge in [-0.15, -0.1) is 0 Å². The van der Waals surface area contributed by atoms with Gasteiger partial charge >= 0.3 is 0 Å². The van der Waals surface area contributed by atoms with Crippen LogP contribution in [0.2, 0.25) is 5.15 Å². The first kappa shape index (κ1) is 8.55. The third-order valence-electron chi connectivity index (χ3n) is 1.59. The molecule has 0 bridgehead atoms. The lowest BCUT2D eigenvalue weighted by atomic mass is 10.3. The summed E-state index contributed by atoms with van der Waals surface area (Å²) in [6.07, 6.45) is 3.23. The molecule has 0 saturated carbocycles. The SMILES string of the molecule is N#CC#Cc1cnn2ccc(Cl)nc12. The number of fused-ring (bicyclic) bond motifs is 1. The number of nitriles is 1. The van der Waals surface area contributed by atoms with Crippen molar-refractivity contribution in [3.63, 3.8) is 0 Å². The van der Waals surface area contributed by atoms with Gasteiger partial charge in [0, 0.05) is 12.1 Å². The molecule has 0 spiro atoms. The van der Waals surface area contributed by atoms with E-state index in [-0.39, 0.29) is 0 Å². The molecule has 2 aromatic heterocycles. The zero-order valence-electron chi connectivity index (χ0n) is 6.90. The van der Waals surface area contributed by atoms with E-state index in [2.05, 4.69) is 21.9 Å². The molecular weight excluding hydrogens is 200 g/mol. The van der Waals surface area contributed by atoms with Crippen LogP contribution in [-0.2, 0) is 0 Å². The van der Waals surface area contributed by atoms with Gasteiger partial charge in [-0.3, -0.25) is 0 Å². The molecule has 0 fully saturated rings. The molecule has 0 aliphatic rings. The van der Waals surface area contributed by atoms with E-state index in [0.29, 0.717) is 16.4 Å². The first-order valence-corrected chi connectivity index (χ1v) is 4.09. The van der Waals surface area contributed by atoms with Crippen LogP contribution in [-0.4, -0.2) is 14.6 Å². The second-order valence-corrected chi connectivity index (χ2v) is 2.83. The number of rotatable bonds is 0. The highest BCUT2D eigenvalue weighted by atomic mass is 35.5. The molecule has 0 aromatic carbocycles. The molecule has 2 rings (SSSR count). The summed E-state index contributed by atoms with van der Waals surface area (Å²) >= 11 is 5.72. The number of nitrogens with zero attached hydrogens (tertiary/aromatic N) is 4. The molecular formula is C9H3ClN4. The second kappa shape index (κ2) is 3.37. The Balaban J connectivity index is 2.68. The molecule has 0 N–H and O–H groups in total. The van der Waals surface area contributed by atoms with Crippen LogP contribution in [0.1, 0.15) is 5.56 Å².